The Kier molecular flexibility index (Phi) is 3.89. The highest BCUT2D eigenvalue weighted by molar-refractivity contribution is 7.92. The van der Waals surface area contributed by atoms with Gasteiger partial charge in [0.1, 0.15) is 0 Å². The molecule has 0 radical (unpaired) electrons. The second-order valence-electron chi connectivity index (χ2n) is 2.64. The maximum atomic E-state index is 10.6. The summed E-state index contributed by atoms with van der Waals surface area (Å²) in [6.45, 7) is 0. The topological polar surface area (TPSA) is 97.5 Å². The van der Waals surface area contributed by atoms with Crippen LogP contribution in [0.4, 0.5) is 13.2 Å². The fourth-order valence-electron chi connectivity index (χ4n) is 0.604. The molecule has 1 heterocycles. The van der Waals surface area contributed by atoms with E-state index in [1.165, 1.54) is 0 Å². The SMILES string of the molecule is NC1CS(=O)(=O)C1.O=C(O)C(F)(F)F. The first kappa shape index (κ1) is 13.2. The molecular formula is C5H8F3NO4S. The van der Waals surface area contributed by atoms with Crippen molar-refractivity contribution in [2.75, 3.05) is 11.5 Å². The fourth-order valence-corrected chi connectivity index (χ4v) is 1.81. The quantitative estimate of drug-likeness (QED) is 0.583. The van der Waals surface area contributed by atoms with Crippen molar-refractivity contribution in [1.82, 2.24) is 0 Å². The lowest BCUT2D eigenvalue weighted by Crippen LogP contribution is -2.47. The van der Waals surface area contributed by atoms with E-state index in [1.54, 1.807) is 0 Å². The molecule has 0 aromatic heterocycles. The van der Waals surface area contributed by atoms with E-state index in [2.05, 4.69) is 0 Å². The molecule has 0 atom stereocenters. The summed E-state index contributed by atoms with van der Waals surface area (Å²) in [5, 5.41) is 7.12. The van der Waals surface area contributed by atoms with E-state index < -0.39 is 22.0 Å². The lowest BCUT2D eigenvalue weighted by molar-refractivity contribution is -0.192. The fraction of sp³-hybridized carbons (Fsp3) is 0.800. The molecule has 0 aliphatic carbocycles. The molecule has 3 N–H and O–H groups in total. The monoisotopic (exact) mass is 235 g/mol. The third-order valence-electron chi connectivity index (χ3n) is 1.18. The minimum Gasteiger partial charge on any atom is -0.475 e. The summed E-state index contributed by atoms with van der Waals surface area (Å²) in [6.07, 6.45) is -5.08. The van der Waals surface area contributed by atoms with Gasteiger partial charge in [0.25, 0.3) is 0 Å². The summed E-state index contributed by atoms with van der Waals surface area (Å²) in [5.74, 6) is -2.38. The largest absolute Gasteiger partial charge is 0.490 e. The maximum absolute atomic E-state index is 10.6. The van der Waals surface area contributed by atoms with Gasteiger partial charge in [-0.1, -0.05) is 0 Å². The van der Waals surface area contributed by atoms with Gasteiger partial charge in [-0.05, 0) is 0 Å². The molecule has 84 valence electrons. The molecular weight excluding hydrogens is 227 g/mol. The van der Waals surface area contributed by atoms with E-state index >= 15 is 0 Å². The van der Waals surface area contributed by atoms with Crippen LogP contribution in [0.2, 0.25) is 0 Å². The van der Waals surface area contributed by atoms with Crippen molar-refractivity contribution in [2.24, 2.45) is 5.73 Å². The normalized spacial score (nSPS) is 20.3. The number of carbonyl (C=O) groups is 1. The van der Waals surface area contributed by atoms with Crippen molar-refractivity contribution in [3.63, 3.8) is 0 Å². The Bertz CT molecular complexity index is 297. The molecule has 9 heteroatoms. The van der Waals surface area contributed by atoms with Gasteiger partial charge in [-0.3, -0.25) is 0 Å². The highest BCUT2D eigenvalue weighted by atomic mass is 32.2. The number of halogens is 3. The first-order chi connectivity index (χ1) is 6.04. The van der Waals surface area contributed by atoms with Gasteiger partial charge in [-0.25, -0.2) is 13.2 Å². The first-order valence-corrected chi connectivity index (χ1v) is 5.13. The first-order valence-electron chi connectivity index (χ1n) is 3.31. The summed E-state index contributed by atoms with van der Waals surface area (Å²) in [7, 11) is -2.66. The van der Waals surface area contributed by atoms with Crippen LogP contribution in [0, 0.1) is 0 Å². The Morgan fingerprint density at radius 1 is 1.36 bits per heavy atom. The Labute approximate surface area is 77.6 Å². The van der Waals surface area contributed by atoms with Gasteiger partial charge in [0.15, 0.2) is 9.84 Å². The Morgan fingerprint density at radius 3 is 1.64 bits per heavy atom. The van der Waals surface area contributed by atoms with Gasteiger partial charge in [-0.2, -0.15) is 13.2 Å². The zero-order chi connectivity index (χ0) is 11.6. The van der Waals surface area contributed by atoms with Gasteiger partial charge in [0.2, 0.25) is 0 Å². The lowest BCUT2D eigenvalue weighted by atomic mass is 10.4. The number of carboxylic acid groups (broad SMARTS) is 1. The predicted molar refractivity (Wildman–Crippen MR) is 40.3 cm³/mol. The Hall–Kier alpha value is -0.830. The molecule has 0 saturated carbocycles. The zero-order valence-corrected chi connectivity index (χ0v) is 7.60. The van der Waals surface area contributed by atoms with Crippen LogP contribution in [0.15, 0.2) is 0 Å². The van der Waals surface area contributed by atoms with Gasteiger partial charge in [0, 0.05) is 6.04 Å². The molecule has 1 fully saturated rings. The van der Waals surface area contributed by atoms with E-state index in [4.69, 9.17) is 15.6 Å². The standard InChI is InChI=1S/C3H7NO2S.C2HF3O2/c4-3-1-7(5,6)2-3;3-2(4,5)1(6)7/h3H,1-2,4H2;(H,6,7). The molecule has 0 aromatic rings. The van der Waals surface area contributed by atoms with Crippen LogP contribution in [0.1, 0.15) is 0 Å². The number of nitrogens with two attached hydrogens (primary N) is 1. The Balaban J connectivity index is 0.000000241. The van der Waals surface area contributed by atoms with Crippen molar-refractivity contribution >= 4 is 15.8 Å². The highest BCUT2D eigenvalue weighted by Crippen LogP contribution is 2.13. The molecule has 1 saturated heterocycles. The number of hydrogen-bond donors (Lipinski definition) is 2. The molecule has 1 rings (SSSR count). The maximum Gasteiger partial charge on any atom is 0.490 e. The molecule has 0 bridgehead atoms. The van der Waals surface area contributed by atoms with Crippen molar-refractivity contribution in [2.45, 2.75) is 12.2 Å². The van der Waals surface area contributed by atoms with Gasteiger partial charge in [0.05, 0.1) is 11.5 Å². The van der Waals surface area contributed by atoms with Crippen molar-refractivity contribution in [3.8, 4) is 0 Å². The van der Waals surface area contributed by atoms with Crippen LogP contribution < -0.4 is 5.73 Å². The summed E-state index contributed by atoms with van der Waals surface area (Å²) in [5.41, 5.74) is 5.17. The van der Waals surface area contributed by atoms with E-state index in [0.29, 0.717) is 0 Å². The van der Waals surface area contributed by atoms with Crippen LogP contribution in [0.25, 0.3) is 0 Å². The minimum absolute atomic E-state index is 0.0787. The van der Waals surface area contributed by atoms with Crippen LogP contribution >= 0.6 is 0 Å². The summed E-state index contributed by atoms with van der Waals surface area (Å²) in [4.78, 5) is 8.90. The number of alkyl halides is 3. The van der Waals surface area contributed by atoms with E-state index in [1.807, 2.05) is 0 Å². The Morgan fingerprint density at radius 2 is 1.64 bits per heavy atom. The number of aliphatic carboxylic acids is 1. The average Bonchev–Trinajstić information content (AvgIpc) is 1.81. The van der Waals surface area contributed by atoms with Crippen molar-refractivity contribution in [3.05, 3.63) is 0 Å². The van der Waals surface area contributed by atoms with Crippen LogP contribution in [-0.4, -0.2) is 43.2 Å². The number of rotatable bonds is 0. The summed E-state index contributed by atoms with van der Waals surface area (Å²) in [6, 6.07) is -0.0787. The number of hydrogen-bond acceptors (Lipinski definition) is 4. The third-order valence-corrected chi connectivity index (χ3v) is 3.05. The van der Waals surface area contributed by atoms with Gasteiger partial charge < -0.3 is 10.8 Å². The summed E-state index contributed by atoms with van der Waals surface area (Å²) >= 11 is 0. The van der Waals surface area contributed by atoms with E-state index in [0.717, 1.165) is 0 Å². The molecule has 0 amide bonds. The lowest BCUT2D eigenvalue weighted by Gasteiger charge is -2.20. The second-order valence-corrected chi connectivity index (χ2v) is 4.79. The third kappa shape index (κ3) is 5.02. The van der Waals surface area contributed by atoms with Gasteiger partial charge >= 0.3 is 12.1 Å². The molecule has 14 heavy (non-hydrogen) atoms. The minimum atomic E-state index is -5.08. The molecule has 0 aromatic carbocycles. The van der Waals surface area contributed by atoms with Crippen LogP contribution in [0.5, 0.6) is 0 Å². The van der Waals surface area contributed by atoms with E-state index in [-0.39, 0.29) is 17.5 Å². The van der Waals surface area contributed by atoms with Crippen LogP contribution in [0.3, 0.4) is 0 Å². The molecule has 0 spiro atoms. The number of sulfone groups is 1. The predicted octanol–water partition coefficient (Wildman–Crippen LogP) is -0.625. The van der Waals surface area contributed by atoms with E-state index in [9.17, 15) is 21.6 Å². The van der Waals surface area contributed by atoms with Crippen LogP contribution in [-0.2, 0) is 14.6 Å². The molecule has 5 nitrogen and oxygen atoms in total. The average molecular weight is 235 g/mol. The second kappa shape index (κ2) is 4.13. The zero-order valence-electron chi connectivity index (χ0n) is 6.78. The number of carboxylic acids is 1. The smallest absolute Gasteiger partial charge is 0.475 e. The molecule has 1 aliphatic rings. The van der Waals surface area contributed by atoms with Crippen molar-refractivity contribution < 1.29 is 31.5 Å². The highest BCUT2D eigenvalue weighted by Gasteiger charge is 2.38. The van der Waals surface area contributed by atoms with Crippen molar-refractivity contribution in [1.29, 1.82) is 0 Å². The molecule has 0 unspecified atom stereocenters. The molecule has 1 aliphatic heterocycles. The van der Waals surface area contributed by atoms with Gasteiger partial charge in [-0.15, -0.1) is 0 Å². The summed E-state index contributed by atoms with van der Waals surface area (Å²) < 4.78 is 52.2.